The number of piperidine rings is 1. The average molecular weight is 397 g/mol. The van der Waals surface area contributed by atoms with E-state index < -0.39 is 11.2 Å². The minimum absolute atomic E-state index is 0.0956. The van der Waals surface area contributed by atoms with Crippen molar-refractivity contribution in [3.8, 4) is 5.75 Å². The zero-order valence-corrected chi connectivity index (χ0v) is 17.2. The Bertz CT molecular complexity index is 907. The molecule has 1 aromatic heterocycles. The molecule has 7 heteroatoms. The van der Waals surface area contributed by atoms with Gasteiger partial charge in [0.15, 0.2) is 5.78 Å². The second-order valence-corrected chi connectivity index (χ2v) is 8.90. The highest BCUT2D eigenvalue weighted by Crippen LogP contribution is 2.40. The van der Waals surface area contributed by atoms with Gasteiger partial charge in [-0.15, -0.1) is 0 Å². The highest BCUT2D eigenvalue weighted by molar-refractivity contribution is 6.00. The lowest BCUT2D eigenvalue weighted by molar-refractivity contribution is -0.0226. The SMILES string of the molecule is CC(C)(C)OC(=O)N1CCC2(CC1)CC(=O)c1cc(Cc3ncc[nH]3)ccc1O2. The van der Waals surface area contributed by atoms with E-state index in [1.54, 1.807) is 17.3 Å². The van der Waals surface area contributed by atoms with Crippen LogP contribution in [0.15, 0.2) is 30.6 Å². The molecule has 0 radical (unpaired) electrons. The number of hydrogen-bond acceptors (Lipinski definition) is 5. The zero-order valence-electron chi connectivity index (χ0n) is 17.2. The molecule has 2 aromatic rings. The quantitative estimate of drug-likeness (QED) is 0.835. The number of hydrogen-bond donors (Lipinski definition) is 1. The molecule has 154 valence electrons. The number of aromatic amines is 1. The second-order valence-electron chi connectivity index (χ2n) is 8.90. The Balaban J connectivity index is 1.44. The van der Waals surface area contributed by atoms with Gasteiger partial charge >= 0.3 is 6.09 Å². The fraction of sp³-hybridized carbons (Fsp3) is 0.500. The zero-order chi connectivity index (χ0) is 20.6. The number of carbonyl (C=O) groups excluding carboxylic acids is 2. The summed E-state index contributed by atoms with van der Waals surface area (Å²) in [6, 6.07) is 5.76. The van der Waals surface area contributed by atoms with Crippen molar-refractivity contribution in [2.45, 2.75) is 57.7 Å². The van der Waals surface area contributed by atoms with Gasteiger partial charge in [0.05, 0.1) is 12.0 Å². The number of benzene rings is 1. The topological polar surface area (TPSA) is 84.5 Å². The number of carbonyl (C=O) groups is 2. The predicted octanol–water partition coefficient (Wildman–Crippen LogP) is 3.74. The Hall–Kier alpha value is -2.83. The van der Waals surface area contributed by atoms with Gasteiger partial charge in [0.25, 0.3) is 0 Å². The summed E-state index contributed by atoms with van der Waals surface area (Å²) >= 11 is 0. The maximum Gasteiger partial charge on any atom is 0.410 e. The molecule has 1 aromatic carbocycles. The largest absolute Gasteiger partial charge is 0.486 e. The minimum Gasteiger partial charge on any atom is -0.486 e. The number of Topliss-reactive ketones (excluding diaryl/α,β-unsaturated/α-hetero) is 1. The number of ether oxygens (including phenoxy) is 2. The summed E-state index contributed by atoms with van der Waals surface area (Å²) in [5.74, 6) is 1.59. The number of nitrogens with one attached hydrogen (secondary N) is 1. The van der Waals surface area contributed by atoms with Crippen LogP contribution in [-0.4, -0.2) is 51.0 Å². The van der Waals surface area contributed by atoms with E-state index in [0.717, 1.165) is 11.4 Å². The fourth-order valence-corrected chi connectivity index (χ4v) is 3.94. The number of aromatic nitrogens is 2. The van der Waals surface area contributed by atoms with Crippen LogP contribution in [0.3, 0.4) is 0 Å². The number of nitrogens with zero attached hydrogens (tertiary/aromatic N) is 2. The summed E-state index contributed by atoms with van der Waals surface area (Å²) in [6.07, 6.45) is 5.41. The normalized spacial score (nSPS) is 18.3. The summed E-state index contributed by atoms with van der Waals surface area (Å²) in [7, 11) is 0. The first-order chi connectivity index (χ1) is 13.7. The third kappa shape index (κ3) is 4.28. The van der Waals surface area contributed by atoms with Crippen molar-refractivity contribution >= 4 is 11.9 Å². The lowest BCUT2D eigenvalue weighted by Crippen LogP contribution is -2.53. The molecule has 2 aliphatic rings. The van der Waals surface area contributed by atoms with E-state index >= 15 is 0 Å². The molecule has 0 aliphatic carbocycles. The van der Waals surface area contributed by atoms with Crippen molar-refractivity contribution in [2.24, 2.45) is 0 Å². The van der Waals surface area contributed by atoms with Crippen molar-refractivity contribution < 1.29 is 19.1 Å². The van der Waals surface area contributed by atoms with Crippen molar-refractivity contribution in [3.63, 3.8) is 0 Å². The molecule has 3 heterocycles. The third-order valence-corrected chi connectivity index (χ3v) is 5.41. The predicted molar refractivity (Wildman–Crippen MR) is 107 cm³/mol. The van der Waals surface area contributed by atoms with Gasteiger partial charge in [-0.1, -0.05) is 6.07 Å². The monoisotopic (exact) mass is 397 g/mol. The van der Waals surface area contributed by atoms with E-state index in [1.165, 1.54) is 0 Å². The second kappa shape index (κ2) is 7.21. The maximum absolute atomic E-state index is 12.9. The number of H-pyrrole nitrogens is 1. The third-order valence-electron chi connectivity index (χ3n) is 5.41. The molecular weight excluding hydrogens is 370 g/mol. The smallest absolute Gasteiger partial charge is 0.410 e. The standard InChI is InChI=1S/C22H27N3O4/c1-21(2,3)29-20(27)25-10-6-22(7-11-25)14-17(26)16-12-15(4-5-18(16)28-22)13-19-23-8-9-24-19/h4-5,8-9,12H,6-7,10-11,13-14H2,1-3H3,(H,23,24). The van der Waals surface area contributed by atoms with Crippen LogP contribution in [0.25, 0.3) is 0 Å². The maximum atomic E-state index is 12.9. The molecule has 1 saturated heterocycles. The summed E-state index contributed by atoms with van der Waals surface area (Å²) in [4.78, 5) is 34.2. The van der Waals surface area contributed by atoms with Crippen molar-refractivity contribution in [2.75, 3.05) is 13.1 Å². The Morgan fingerprint density at radius 3 is 2.72 bits per heavy atom. The van der Waals surface area contributed by atoms with Gasteiger partial charge in [0.1, 0.15) is 22.8 Å². The highest BCUT2D eigenvalue weighted by atomic mass is 16.6. The summed E-state index contributed by atoms with van der Waals surface area (Å²) in [5, 5.41) is 0. The van der Waals surface area contributed by atoms with Crippen LogP contribution in [-0.2, 0) is 11.2 Å². The van der Waals surface area contributed by atoms with Crippen LogP contribution >= 0.6 is 0 Å². The fourth-order valence-electron chi connectivity index (χ4n) is 3.94. The Morgan fingerprint density at radius 1 is 1.31 bits per heavy atom. The summed E-state index contributed by atoms with van der Waals surface area (Å²) < 4.78 is 11.8. The molecule has 7 nitrogen and oxygen atoms in total. The molecular formula is C22H27N3O4. The molecule has 2 aliphatic heterocycles. The number of rotatable bonds is 2. The molecule has 1 fully saturated rings. The molecule has 1 N–H and O–H groups in total. The van der Waals surface area contributed by atoms with E-state index in [4.69, 9.17) is 9.47 Å². The molecule has 0 unspecified atom stereocenters. The number of amides is 1. The van der Waals surface area contributed by atoms with Gasteiger partial charge < -0.3 is 19.4 Å². The Kier molecular flexibility index (Phi) is 4.84. The molecule has 29 heavy (non-hydrogen) atoms. The van der Waals surface area contributed by atoms with Crippen molar-refractivity contribution in [1.82, 2.24) is 14.9 Å². The molecule has 1 spiro atoms. The van der Waals surface area contributed by atoms with Crippen LogP contribution in [0, 0.1) is 0 Å². The lowest BCUT2D eigenvalue weighted by Gasteiger charge is -2.44. The number of ketones is 1. The van der Waals surface area contributed by atoms with E-state index in [2.05, 4.69) is 9.97 Å². The number of imidazole rings is 1. The first-order valence-corrected chi connectivity index (χ1v) is 10.0. The Labute approximate surface area is 170 Å². The number of fused-ring (bicyclic) bond motifs is 1. The first-order valence-electron chi connectivity index (χ1n) is 10.0. The van der Waals surface area contributed by atoms with Crippen molar-refractivity contribution in [1.29, 1.82) is 0 Å². The van der Waals surface area contributed by atoms with Crippen molar-refractivity contribution in [3.05, 3.63) is 47.5 Å². The number of likely N-dealkylation sites (tertiary alicyclic amines) is 1. The van der Waals surface area contributed by atoms with Crippen LogP contribution in [0.1, 0.15) is 61.8 Å². The van der Waals surface area contributed by atoms with Crippen LogP contribution in [0.5, 0.6) is 5.75 Å². The lowest BCUT2D eigenvalue weighted by atomic mass is 9.82. The Morgan fingerprint density at radius 2 is 2.07 bits per heavy atom. The highest BCUT2D eigenvalue weighted by Gasteiger charge is 2.44. The van der Waals surface area contributed by atoms with Crippen LogP contribution in [0.2, 0.25) is 0 Å². The van der Waals surface area contributed by atoms with Gasteiger partial charge in [0, 0.05) is 44.7 Å². The molecule has 4 rings (SSSR count). The van der Waals surface area contributed by atoms with Gasteiger partial charge in [-0.2, -0.15) is 0 Å². The molecule has 0 atom stereocenters. The molecule has 1 amide bonds. The van der Waals surface area contributed by atoms with E-state index in [0.29, 0.717) is 50.1 Å². The molecule has 0 saturated carbocycles. The van der Waals surface area contributed by atoms with E-state index in [9.17, 15) is 9.59 Å². The summed E-state index contributed by atoms with van der Waals surface area (Å²) in [6.45, 7) is 6.62. The summed E-state index contributed by atoms with van der Waals surface area (Å²) in [5.41, 5.74) is 0.599. The first kappa shape index (κ1) is 19.5. The van der Waals surface area contributed by atoms with Gasteiger partial charge in [-0.3, -0.25) is 4.79 Å². The van der Waals surface area contributed by atoms with E-state index in [-0.39, 0.29) is 11.9 Å². The van der Waals surface area contributed by atoms with Crippen LogP contribution < -0.4 is 4.74 Å². The minimum atomic E-state index is -0.537. The molecule has 0 bridgehead atoms. The van der Waals surface area contributed by atoms with Gasteiger partial charge in [-0.05, 0) is 38.5 Å². The van der Waals surface area contributed by atoms with Gasteiger partial charge in [0.2, 0.25) is 0 Å². The average Bonchev–Trinajstić information content (AvgIpc) is 3.14. The van der Waals surface area contributed by atoms with E-state index in [1.807, 2.05) is 39.0 Å². The van der Waals surface area contributed by atoms with Crippen LogP contribution in [0.4, 0.5) is 4.79 Å². The van der Waals surface area contributed by atoms with Gasteiger partial charge in [-0.25, -0.2) is 9.78 Å².